The van der Waals surface area contributed by atoms with E-state index in [0.29, 0.717) is 5.82 Å². The summed E-state index contributed by atoms with van der Waals surface area (Å²) in [5, 5.41) is 16.3. The van der Waals surface area contributed by atoms with Gasteiger partial charge in [-0.05, 0) is 22.9 Å². The molecule has 0 aliphatic heterocycles. The molecule has 9 nitrogen and oxygen atoms in total. The molecule has 11 heteroatoms. The van der Waals surface area contributed by atoms with Crippen LogP contribution in [-0.2, 0) is 17.1 Å². The molecule has 0 aromatic carbocycles. The molecule has 1 unspecified atom stereocenters. The minimum Gasteiger partial charge on any atom is -0.475 e. The summed E-state index contributed by atoms with van der Waals surface area (Å²) in [5.41, 5.74) is 0. The Balaban J connectivity index is 2.31. The second-order valence-corrected chi connectivity index (χ2v) is 6.60. The number of carbonyl (C=O) groups is 1. The topological polar surface area (TPSA) is 127 Å². The van der Waals surface area contributed by atoms with Crippen LogP contribution in [0, 0.1) is 0 Å². The number of nitrogens with one attached hydrogen (secondary N) is 1. The van der Waals surface area contributed by atoms with Gasteiger partial charge in [-0.25, -0.2) is 17.9 Å². The van der Waals surface area contributed by atoms with Gasteiger partial charge in [0.15, 0.2) is 4.67 Å². The number of nitrogens with zero attached hydrogens (tertiary/aromatic N) is 3. The van der Waals surface area contributed by atoms with E-state index in [-0.39, 0.29) is 9.56 Å². The highest BCUT2D eigenvalue weighted by molar-refractivity contribution is 9.10. The zero-order valence-corrected chi connectivity index (χ0v) is 13.3. The number of carboxylic acids is 1. The van der Waals surface area contributed by atoms with Gasteiger partial charge >= 0.3 is 5.97 Å². The molecule has 0 bridgehead atoms. The Bertz CT molecular complexity index is 781. The molecule has 0 amide bonds. The fourth-order valence-corrected chi connectivity index (χ4v) is 3.81. The predicted molar refractivity (Wildman–Crippen MR) is 73.1 cm³/mol. The summed E-state index contributed by atoms with van der Waals surface area (Å²) >= 11 is 2.89. The average Bonchev–Trinajstić information content (AvgIpc) is 2.94. The summed E-state index contributed by atoms with van der Waals surface area (Å²) in [5.74, 6) is -1.43. The number of furan rings is 1. The van der Waals surface area contributed by atoms with Crippen molar-refractivity contribution in [2.24, 2.45) is 7.05 Å². The quantitative estimate of drug-likeness (QED) is 0.790. The molecule has 21 heavy (non-hydrogen) atoms. The van der Waals surface area contributed by atoms with Crippen LogP contribution in [0.5, 0.6) is 0 Å². The van der Waals surface area contributed by atoms with Crippen molar-refractivity contribution in [3.05, 3.63) is 28.6 Å². The first-order valence-electron chi connectivity index (χ1n) is 5.61. The van der Waals surface area contributed by atoms with Gasteiger partial charge in [0, 0.05) is 13.1 Å². The molecular formula is C10H11BrN4O5S. The Morgan fingerprint density at radius 3 is 2.71 bits per heavy atom. The fourth-order valence-electron chi connectivity index (χ4n) is 1.67. The lowest BCUT2D eigenvalue weighted by Crippen LogP contribution is -2.28. The third-order valence-corrected chi connectivity index (χ3v) is 5.02. The molecule has 0 fully saturated rings. The summed E-state index contributed by atoms with van der Waals surface area (Å²) in [6.45, 7) is 1.59. The summed E-state index contributed by atoms with van der Waals surface area (Å²) in [7, 11) is -2.30. The monoisotopic (exact) mass is 378 g/mol. The van der Waals surface area contributed by atoms with Crippen LogP contribution in [0.3, 0.4) is 0 Å². The number of carboxylic acid groups (broad SMARTS) is 1. The molecule has 2 N–H and O–H groups in total. The molecule has 0 aliphatic carbocycles. The number of sulfonamides is 1. The molecule has 0 saturated carbocycles. The van der Waals surface area contributed by atoms with Crippen LogP contribution in [0.4, 0.5) is 0 Å². The number of halogens is 1. The lowest BCUT2D eigenvalue weighted by atomic mass is 10.3. The van der Waals surface area contributed by atoms with E-state index >= 15 is 0 Å². The summed E-state index contributed by atoms with van der Waals surface area (Å²) < 4.78 is 33.1. The van der Waals surface area contributed by atoms with Crippen molar-refractivity contribution in [2.45, 2.75) is 17.9 Å². The Hall–Kier alpha value is -1.72. The SMILES string of the molecule is CC(NS(=O)(=O)c1cc(C(=O)O)oc1Br)c1nncn1C. The number of hydrogen-bond donors (Lipinski definition) is 2. The zero-order valence-electron chi connectivity index (χ0n) is 10.9. The van der Waals surface area contributed by atoms with Crippen LogP contribution in [-0.4, -0.2) is 34.3 Å². The summed E-state index contributed by atoms with van der Waals surface area (Å²) in [4.78, 5) is 10.5. The molecule has 0 spiro atoms. The average molecular weight is 379 g/mol. The van der Waals surface area contributed by atoms with Crippen molar-refractivity contribution in [3.8, 4) is 0 Å². The molecule has 2 rings (SSSR count). The molecule has 114 valence electrons. The van der Waals surface area contributed by atoms with E-state index in [4.69, 9.17) is 9.52 Å². The second-order valence-electron chi connectivity index (χ2n) is 4.20. The molecule has 0 saturated heterocycles. The zero-order chi connectivity index (χ0) is 15.8. The minimum absolute atomic E-state index is 0.183. The number of aromatic nitrogens is 3. The summed E-state index contributed by atoms with van der Waals surface area (Å²) in [6, 6.07) is 0.274. The van der Waals surface area contributed by atoms with Crippen LogP contribution in [0.15, 0.2) is 26.4 Å². The number of aromatic carboxylic acids is 1. The Morgan fingerprint density at radius 1 is 1.57 bits per heavy atom. The van der Waals surface area contributed by atoms with Crippen LogP contribution in [0.25, 0.3) is 0 Å². The highest BCUT2D eigenvalue weighted by Crippen LogP contribution is 2.27. The van der Waals surface area contributed by atoms with Gasteiger partial charge in [0.25, 0.3) is 0 Å². The van der Waals surface area contributed by atoms with E-state index in [9.17, 15) is 13.2 Å². The van der Waals surface area contributed by atoms with E-state index in [1.165, 1.54) is 6.33 Å². The first-order valence-corrected chi connectivity index (χ1v) is 7.89. The third-order valence-electron chi connectivity index (χ3n) is 2.62. The van der Waals surface area contributed by atoms with Gasteiger partial charge in [-0.3, -0.25) is 0 Å². The van der Waals surface area contributed by atoms with E-state index in [2.05, 4.69) is 30.8 Å². The number of aryl methyl sites for hydroxylation is 1. The fraction of sp³-hybridized carbons (Fsp3) is 0.300. The molecule has 0 aliphatic rings. The standard InChI is InChI=1S/C10H11BrN4O5S/c1-5(9-13-12-4-15(9)2)14-21(18,19)7-3-6(10(16)17)20-8(7)11/h3-5,14H,1-2H3,(H,16,17). The molecule has 1 atom stereocenters. The normalized spacial score (nSPS) is 13.3. The van der Waals surface area contributed by atoms with Crippen LogP contribution >= 0.6 is 15.9 Å². The molecular weight excluding hydrogens is 368 g/mol. The maximum atomic E-state index is 12.3. The van der Waals surface area contributed by atoms with Crippen LogP contribution < -0.4 is 4.72 Å². The first kappa shape index (κ1) is 15.7. The van der Waals surface area contributed by atoms with Gasteiger partial charge in [-0.15, -0.1) is 10.2 Å². The Kier molecular flexibility index (Phi) is 4.16. The van der Waals surface area contributed by atoms with E-state index < -0.39 is 27.8 Å². The van der Waals surface area contributed by atoms with Gasteiger partial charge in [-0.2, -0.15) is 0 Å². The lowest BCUT2D eigenvalue weighted by Gasteiger charge is -2.12. The van der Waals surface area contributed by atoms with Crippen molar-refractivity contribution in [2.75, 3.05) is 0 Å². The van der Waals surface area contributed by atoms with Crippen molar-refractivity contribution in [3.63, 3.8) is 0 Å². The third kappa shape index (κ3) is 3.14. The van der Waals surface area contributed by atoms with Gasteiger partial charge < -0.3 is 14.1 Å². The maximum absolute atomic E-state index is 12.3. The number of hydrogen-bond acceptors (Lipinski definition) is 6. The van der Waals surface area contributed by atoms with Crippen molar-refractivity contribution in [1.29, 1.82) is 0 Å². The van der Waals surface area contributed by atoms with Gasteiger partial charge in [-0.1, -0.05) is 0 Å². The van der Waals surface area contributed by atoms with E-state index in [1.54, 1.807) is 18.5 Å². The maximum Gasteiger partial charge on any atom is 0.371 e. The molecule has 2 heterocycles. The second kappa shape index (κ2) is 5.58. The number of rotatable bonds is 5. The van der Waals surface area contributed by atoms with Gasteiger partial charge in [0.2, 0.25) is 15.8 Å². The largest absolute Gasteiger partial charge is 0.475 e. The molecule has 2 aromatic rings. The van der Waals surface area contributed by atoms with Crippen LogP contribution in [0.2, 0.25) is 0 Å². The highest BCUT2D eigenvalue weighted by Gasteiger charge is 2.27. The summed E-state index contributed by atoms with van der Waals surface area (Å²) in [6.07, 6.45) is 1.44. The predicted octanol–water partition coefficient (Wildman–Crippen LogP) is 0.908. The van der Waals surface area contributed by atoms with Crippen molar-refractivity contribution >= 4 is 31.9 Å². The van der Waals surface area contributed by atoms with Crippen LogP contribution in [0.1, 0.15) is 29.3 Å². The van der Waals surface area contributed by atoms with Crippen molar-refractivity contribution < 1.29 is 22.7 Å². The molecule has 2 aromatic heterocycles. The van der Waals surface area contributed by atoms with Gasteiger partial charge in [0.1, 0.15) is 17.0 Å². The smallest absolute Gasteiger partial charge is 0.371 e. The molecule has 0 radical (unpaired) electrons. The minimum atomic E-state index is -3.98. The van der Waals surface area contributed by atoms with Crippen molar-refractivity contribution in [1.82, 2.24) is 19.5 Å². The van der Waals surface area contributed by atoms with E-state index in [0.717, 1.165) is 6.07 Å². The van der Waals surface area contributed by atoms with Gasteiger partial charge in [0.05, 0.1) is 6.04 Å². The Morgan fingerprint density at radius 2 is 2.24 bits per heavy atom. The first-order chi connectivity index (χ1) is 9.72. The highest BCUT2D eigenvalue weighted by atomic mass is 79.9. The Labute approximate surface area is 128 Å². The lowest BCUT2D eigenvalue weighted by molar-refractivity contribution is 0.0661. The van der Waals surface area contributed by atoms with E-state index in [1.807, 2.05) is 0 Å².